The van der Waals surface area contributed by atoms with Gasteiger partial charge in [0.2, 0.25) is 17.7 Å². The number of carbonyl (C=O) groups is 3. The van der Waals surface area contributed by atoms with E-state index in [-0.39, 0.29) is 29.9 Å². The molecule has 2 fully saturated rings. The van der Waals surface area contributed by atoms with Gasteiger partial charge in [0.25, 0.3) is 0 Å². The van der Waals surface area contributed by atoms with Crippen molar-refractivity contribution in [2.75, 3.05) is 19.0 Å². The summed E-state index contributed by atoms with van der Waals surface area (Å²) in [5, 5.41) is 13.5. The van der Waals surface area contributed by atoms with Crippen LogP contribution < -0.4 is 16.0 Å². The van der Waals surface area contributed by atoms with Gasteiger partial charge in [-0.3, -0.25) is 14.4 Å². The van der Waals surface area contributed by atoms with Crippen LogP contribution in [0.15, 0.2) is 30.3 Å². The Morgan fingerprint density at radius 2 is 1.94 bits per heavy atom. The van der Waals surface area contributed by atoms with E-state index in [4.69, 9.17) is 4.74 Å². The van der Waals surface area contributed by atoms with Gasteiger partial charge in [0, 0.05) is 36.2 Å². The van der Waals surface area contributed by atoms with Crippen LogP contribution in [0.5, 0.6) is 0 Å². The molecule has 3 heterocycles. The lowest BCUT2D eigenvalue weighted by atomic mass is 9.96. The van der Waals surface area contributed by atoms with E-state index in [1.54, 1.807) is 18.9 Å². The molecule has 0 spiro atoms. The number of ether oxygens (including phenoxy) is 1. The van der Waals surface area contributed by atoms with Crippen LogP contribution in [0.2, 0.25) is 0 Å². The number of fused-ring (bicyclic) bond motifs is 1. The van der Waals surface area contributed by atoms with E-state index >= 15 is 0 Å². The summed E-state index contributed by atoms with van der Waals surface area (Å²) >= 11 is 1.11. The van der Waals surface area contributed by atoms with Gasteiger partial charge in [-0.1, -0.05) is 34.8 Å². The van der Waals surface area contributed by atoms with Crippen LogP contribution in [0.3, 0.4) is 0 Å². The van der Waals surface area contributed by atoms with E-state index in [1.165, 1.54) is 0 Å². The molecule has 36 heavy (non-hydrogen) atoms. The molecule has 2 aliphatic rings. The molecule has 0 bridgehead atoms. The predicted molar refractivity (Wildman–Crippen MR) is 137 cm³/mol. The van der Waals surface area contributed by atoms with Crippen molar-refractivity contribution >= 4 is 34.3 Å². The summed E-state index contributed by atoms with van der Waals surface area (Å²) < 4.78 is 9.91. The maximum absolute atomic E-state index is 13.8. The number of likely N-dealkylation sites (N-methyl/N-ethyl adjacent to an activating group) is 1. The summed E-state index contributed by atoms with van der Waals surface area (Å²) in [5.74, 6) is -0.749. The zero-order chi connectivity index (χ0) is 25.7. The molecule has 194 valence electrons. The van der Waals surface area contributed by atoms with E-state index in [2.05, 4.69) is 25.5 Å². The van der Waals surface area contributed by atoms with Crippen molar-refractivity contribution in [2.45, 2.75) is 76.2 Å². The second-order valence-corrected chi connectivity index (χ2v) is 10.0. The minimum absolute atomic E-state index is 0.0780. The highest BCUT2D eigenvalue weighted by atomic mass is 32.1. The van der Waals surface area contributed by atoms with Crippen molar-refractivity contribution in [2.24, 2.45) is 0 Å². The van der Waals surface area contributed by atoms with Crippen molar-refractivity contribution in [3.05, 3.63) is 30.3 Å². The lowest BCUT2D eigenvalue weighted by molar-refractivity contribution is -0.144. The Morgan fingerprint density at radius 1 is 1.19 bits per heavy atom. The molecule has 1 unspecified atom stereocenters. The summed E-state index contributed by atoms with van der Waals surface area (Å²) in [6.45, 7) is 4.21. The summed E-state index contributed by atoms with van der Waals surface area (Å²) in [6, 6.07) is 7.63. The lowest BCUT2D eigenvalue weighted by Crippen LogP contribution is -2.58. The van der Waals surface area contributed by atoms with Crippen LogP contribution in [-0.2, 0) is 19.1 Å². The third kappa shape index (κ3) is 5.74. The van der Waals surface area contributed by atoms with Crippen molar-refractivity contribution in [3.63, 3.8) is 0 Å². The van der Waals surface area contributed by atoms with Gasteiger partial charge in [-0.05, 0) is 46.6 Å². The summed E-state index contributed by atoms with van der Waals surface area (Å²) in [7, 11) is 1.70. The monoisotopic (exact) mass is 514 g/mol. The fourth-order valence-electron chi connectivity index (χ4n) is 4.99. The molecule has 1 aromatic carbocycles. The molecule has 0 radical (unpaired) electrons. The molecule has 4 rings (SSSR count). The first kappa shape index (κ1) is 26.2. The Labute approximate surface area is 215 Å². The minimum atomic E-state index is -0.758. The van der Waals surface area contributed by atoms with Crippen molar-refractivity contribution < 1.29 is 19.1 Å². The normalized spacial score (nSPS) is 25.0. The van der Waals surface area contributed by atoms with Crippen LogP contribution in [0.1, 0.15) is 46.0 Å². The van der Waals surface area contributed by atoms with Crippen LogP contribution in [-0.4, -0.2) is 76.1 Å². The van der Waals surface area contributed by atoms with Crippen molar-refractivity contribution in [1.29, 1.82) is 0 Å². The standard InChI is InChI=1S/C25H34N6O4S/c1-4-35-18-12-10-17-11-13-20(31(17)25(34)19(14-18)27-22(32)15(2)26-3)23(33)28-24-21(29-30-36-24)16-8-6-5-7-9-16/h5-9,15,17-20,26H,4,10-14H2,1-3H3,(H,27,32)(H,28,33)/t15-,17-,18?,19-,20-/m0/s1. The van der Waals surface area contributed by atoms with Crippen LogP contribution in [0, 0.1) is 0 Å². The number of nitrogens with zero attached hydrogens (tertiary/aromatic N) is 3. The summed E-state index contributed by atoms with van der Waals surface area (Å²) in [5.41, 5.74) is 1.46. The lowest BCUT2D eigenvalue weighted by Gasteiger charge is -2.37. The predicted octanol–water partition coefficient (Wildman–Crippen LogP) is 2.18. The average molecular weight is 515 g/mol. The number of nitrogens with one attached hydrogen (secondary N) is 3. The van der Waals surface area contributed by atoms with Gasteiger partial charge in [-0.2, -0.15) is 0 Å². The third-order valence-electron chi connectivity index (χ3n) is 7.00. The number of rotatable bonds is 8. The zero-order valence-electron chi connectivity index (χ0n) is 20.9. The highest BCUT2D eigenvalue weighted by Crippen LogP contribution is 2.34. The molecular weight excluding hydrogens is 480 g/mol. The summed E-state index contributed by atoms with van der Waals surface area (Å²) in [6.07, 6.45) is 3.06. The molecule has 10 nitrogen and oxygen atoms in total. The molecule has 11 heteroatoms. The van der Waals surface area contributed by atoms with Crippen LogP contribution >= 0.6 is 11.5 Å². The second-order valence-electron chi connectivity index (χ2n) is 9.26. The first-order valence-corrected chi connectivity index (χ1v) is 13.3. The smallest absolute Gasteiger partial charge is 0.247 e. The minimum Gasteiger partial charge on any atom is -0.378 e. The molecule has 0 saturated carbocycles. The number of hydrogen-bond donors (Lipinski definition) is 3. The number of hydrogen-bond acceptors (Lipinski definition) is 8. The molecule has 0 aliphatic carbocycles. The zero-order valence-corrected chi connectivity index (χ0v) is 21.7. The van der Waals surface area contributed by atoms with Gasteiger partial charge < -0.3 is 25.6 Å². The largest absolute Gasteiger partial charge is 0.378 e. The van der Waals surface area contributed by atoms with E-state index in [9.17, 15) is 14.4 Å². The molecule has 3 amide bonds. The first-order chi connectivity index (χ1) is 17.4. The Kier molecular flexibility index (Phi) is 8.65. The van der Waals surface area contributed by atoms with Crippen molar-refractivity contribution in [1.82, 2.24) is 25.1 Å². The molecule has 1 aromatic heterocycles. The molecule has 5 atom stereocenters. The molecule has 2 aromatic rings. The maximum atomic E-state index is 13.8. The third-order valence-corrected chi connectivity index (χ3v) is 7.64. The van der Waals surface area contributed by atoms with Gasteiger partial charge in [0.15, 0.2) is 0 Å². The fourth-order valence-corrected chi connectivity index (χ4v) is 5.58. The van der Waals surface area contributed by atoms with E-state index < -0.39 is 18.1 Å². The van der Waals surface area contributed by atoms with Crippen LogP contribution in [0.4, 0.5) is 5.00 Å². The number of anilines is 1. The van der Waals surface area contributed by atoms with Crippen LogP contribution in [0.25, 0.3) is 11.3 Å². The summed E-state index contributed by atoms with van der Waals surface area (Å²) in [4.78, 5) is 41.6. The highest BCUT2D eigenvalue weighted by Gasteiger charge is 2.45. The van der Waals surface area contributed by atoms with Gasteiger partial charge >= 0.3 is 0 Å². The topological polar surface area (TPSA) is 126 Å². The second kappa shape index (κ2) is 11.9. The van der Waals surface area contributed by atoms with Gasteiger partial charge in [-0.25, -0.2) is 0 Å². The maximum Gasteiger partial charge on any atom is 0.247 e. The average Bonchev–Trinajstić information content (AvgIpc) is 3.52. The quantitative estimate of drug-likeness (QED) is 0.493. The molecule has 3 N–H and O–H groups in total. The fraction of sp³-hybridized carbons (Fsp3) is 0.560. The molecule has 2 aliphatic heterocycles. The SMILES string of the molecule is CCOC1CC[C@H]2CC[C@@H](C(=O)Nc3snnc3-c3ccccc3)N2C(=O)[C@@H](NC(=O)[C@H](C)NC)C1. The van der Waals surface area contributed by atoms with Crippen molar-refractivity contribution in [3.8, 4) is 11.3 Å². The number of amides is 3. The first-order valence-electron chi connectivity index (χ1n) is 12.5. The number of carbonyl (C=O) groups excluding carboxylic acids is 3. The molecule has 2 saturated heterocycles. The van der Waals surface area contributed by atoms with Gasteiger partial charge in [0.1, 0.15) is 22.8 Å². The highest BCUT2D eigenvalue weighted by molar-refractivity contribution is 7.10. The van der Waals surface area contributed by atoms with Gasteiger partial charge in [-0.15, -0.1) is 5.10 Å². The van der Waals surface area contributed by atoms with E-state index in [0.717, 1.165) is 36.4 Å². The van der Waals surface area contributed by atoms with Gasteiger partial charge in [0.05, 0.1) is 12.1 Å². The number of aromatic nitrogens is 2. The Bertz CT molecular complexity index is 1060. The Hall–Kier alpha value is -2.89. The molecular formula is C25H34N6O4S. The van der Waals surface area contributed by atoms with E-state index in [0.29, 0.717) is 30.1 Å². The Morgan fingerprint density at radius 3 is 2.67 bits per heavy atom. The van der Waals surface area contributed by atoms with E-state index in [1.807, 2.05) is 37.3 Å². The number of benzene rings is 1. The Balaban J connectivity index is 1.54.